The van der Waals surface area contributed by atoms with Crippen LogP contribution >= 0.6 is 11.8 Å². The molecule has 98 valence electrons. The van der Waals surface area contributed by atoms with Crippen molar-refractivity contribution in [2.45, 2.75) is 17.2 Å². The standard InChI is InChI=1S/C17H19NS/c1-18(2)14-9-7-13(8-10-14)15-11-12-19-17-6-4-3-5-16(15)17/h3-10,15H,11-12H2,1-2H3. The van der Waals surface area contributed by atoms with Crippen molar-refractivity contribution in [3.05, 3.63) is 59.7 Å². The first-order valence-electron chi connectivity index (χ1n) is 6.75. The van der Waals surface area contributed by atoms with Crippen LogP contribution < -0.4 is 4.90 Å². The maximum Gasteiger partial charge on any atom is 0.0361 e. The molecular formula is C17H19NS. The second-order valence-electron chi connectivity index (χ2n) is 5.21. The van der Waals surface area contributed by atoms with Gasteiger partial charge >= 0.3 is 0 Å². The summed E-state index contributed by atoms with van der Waals surface area (Å²) < 4.78 is 0. The van der Waals surface area contributed by atoms with E-state index >= 15 is 0 Å². The van der Waals surface area contributed by atoms with Gasteiger partial charge in [0.25, 0.3) is 0 Å². The third-order valence-corrected chi connectivity index (χ3v) is 4.89. The van der Waals surface area contributed by atoms with Crippen molar-refractivity contribution in [2.75, 3.05) is 24.7 Å². The Morgan fingerprint density at radius 2 is 1.74 bits per heavy atom. The van der Waals surface area contributed by atoms with Gasteiger partial charge in [-0.3, -0.25) is 0 Å². The second kappa shape index (κ2) is 5.30. The molecule has 1 aliphatic heterocycles. The van der Waals surface area contributed by atoms with Crippen LogP contribution in [-0.4, -0.2) is 19.8 Å². The fraction of sp³-hybridized carbons (Fsp3) is 0.294. The Labute approximate surface area is 119 Å². The minimum Gasteiger partial charge on any atom is -0.378 e. The van der Waals surface area contributed by atoms with Crippen LogP contribution in [0.15, 0.2) is 53.4 Å². The quantitative estimate of drug-likeness (QED) is 0.796. The highest BCUT2D eigenvalue weighted by Crippen LogP contribution is 2.41. The summed E-state index contributed by atoms with van der Waals surface area (Å²) in [6.07, 6.45) is 1.24. The first kappa shape index (κ1) is 12.6. The van der Waals surface area contributed by atoms with Gasteiger partial charge < -0.3 is 4.90 Å². The molecule has 3 rings (SSSR count). The monoisotopic (exact) mass is 269 g/mol. The van der Waals surface area contributed by atoms with Gasteiger partial charge in [-0.05, 0) is 41.5 Å². The first-order chi connectivity index (χ1) is 9.25. The molecule has 2 aromatic rings. The van der Waals surface area contributed by atoms with E-state index in [9.17, 15) is 0 Å². The van der Waals surface area contributed by atoms with Gasteiger partial charge in [0.2, 0.25) is 0 Å². The Bertz CT molecular complexity index is 560. The van der Waals surface area contributed by atoms with E-state index in [2.05, 4.69) is 67.5 Å². The zero-order valence-corrected chi connectivity index (χ0v) is 12.3. The number of fused-ring (bicyclic) bond motifs is 1. The minimum absolute atomic E-state index is 0.564. The van der Waals surface area contributed by atoms with E-state index in [0.717, 1.165) is 0 Å². The summed E-state index contributed by atoms with van der Waals surface area (Å²) in [6, 6.07) is 17.8. The molecule has 0 N–H and O–H groups in total. The van der Waals surface area contributed by atoms with Crippen molar-refractivity contribution in [3.63, 3.8) is 0 Å². The van der Waals surface area contributed by atoms with Crippen molar-refractivity contribution in [3.8, 4) is 0 Å². The highest BCUT2D eigenvalue weighted by Gasteiger charge is 2.21. The lowest BCUT2D eigenvalue weighted by atomic mass is 9.88. The third kappa shape index (κ3) is 2.50. The number of anilines is 1. The molecule has 2 heteroatoms. The van der Waals surface area contributed by atoms with Crippen LogP contribution in [0.25, 0.3) is 0 Å². The molecular weight excluding hydrogens is 250 g/mol. The van der Waals surface area contributed by atoms with E-state index in [0.29, 0.717) is 5.92 Å². The zero-order valence-electron chi connectivity index (χ0n) is 11.5. The summed E-state index contributed by atoms with van der Waals surface area (Å²) in [4.78, 5) is 3.60. The second-order valence-corrected chi connectivity index (χ2v) is 6.35. The maximum atomic E-state index is 2.28. The van der Waals surface area contributed by atoms with E-state index in [4.69, 9.17) is 0 Å². The fourth-order valence-electron chi connectivity index (χ4n) is 2.69. The Kier molecular flexibility index (Phi) is 3.52. The molecule has 0 saturated heterocycles. The van der Waals surface area contributed by atoms with Crippen molar-refractivity contribution in [1.29, 1.82) is 0 Å². The Morgan fingerprint density at radius 3 is 2.47 bits per heavy atom. The lowest BCUT2D eigenvalue weighted by Gasteiger charge is -2.25. The zero-order chi connectivity index (χ0) is 13.2. The molecule has 1 heterocycles. The largest absolute Gasteiger partial charge is 0.378 e. The summed E-state index contributed by atoms with van der Waals surface area (Å²) >= 11 is 1.99. The maximum absolute atomic E-state index is 2.28. The molecule has 0 fully saturated rings. The van der Waals surface area contributed by atoms with Crippen LogP contribution in [0.2, 0.25) is 0 Å². The number of hydrogen-bond acceptors (Lipinski definition) is 2. The first-order valence-corrected chi connectivity index (χ1v) is 7.73. The minimum atomic E-state index is 0.564. The number of benzene rings is 2. The van der Waals surface area contributed by atoms with E-state index in [-0.39, 0.29) is 0 Å². The molecule has 19 heavy (non-hydrogen) atoms. The van der Waals surface area contributed by atoms with E-state index in [1.54, 1.807) is 0 Å². The highest BCUT2D eigenvalue weighted by molar-refractivity contribution is 7.99. The average Bonchev–Trinajstić information content (AvgIpc) is 2.47. The number of rotatable bonds is 2. The van der Waals surface area contributed by atoms with Crippen molar-refractivity contribution in [2.24, 2.45) is 0 Å². The van der Waals surface area contributed by atoms with Gasteiger partial charge in [-0.25, -0.2) is 0 Å². The molecule has 1 aliphatic rings. The van der Waals surface area contributed by atoms with Gasteiger partial charge in [-0.15, -0.1) is 11.8 Å². The van der Waals surface area contributed by atoms with Gasteiger partial charge in [0, 0.05) is 30.6 Å². The lowest BCUT2D eigenvalue weighted by molar-refractivity contribution is 0.755. The Balaban J connectivity index is 1.95. The number of thioether (sulfide) groups is 1. The van der Waals surface area contributed by atoms with Crippen molar-refractivity contribution in [1.82, 2.24) is 0 Å². The lowest BCUT2D eigenvalue weighted by Crippen LogP contribution is -2.10. The van der Waals surface area contributed by atoms with Crippen LogP contribution in [0.1, 0.15) is 23.5 Å². The number of nitrogens with zero attached hydrogens (tertiary/aromatic N) is 1. The number of hydrogen-bond donors (Lipinski definition) is 0. The molecule has 0 bridgehead atoms. The van der Waals surface area contributed by atoms with Gasteiger partial charge in [-0.2, -0.15) is 0 Å². The highest BCUT2D eigenvalue weighted by atomic mass is 32.2. The van der Waals surface area contributed by atoms with Crippen LogP contribution in [0.4, 0.5) is 5.69 Å². The van der Waals surface area contributed by atoms with E-state index in [1.807, 2.05) is 11.8 Å². The predicted octanol–water partition coefficient (Wildman–Crippen LogP) is 4.38. The third-order valence-electron chi connectivity index (χ3n) is 3.77. The normalized spacial score (nSPS) is 17.9. The molecule has 1 atom stereocenters. The van der Waals surface area contributed by atoms with E-state index in [1.165, 1.54) is 33.9 Å². The van der Waals surface area contributed by atoms with Gasteiger partial charge in [0.05, 0.1) is 0 Å². The Hall–Kier alpha value is -1.41. The summed E-state index contributed by atoms with van der Waals surface area (Å²) in [5, 5.41) is 0. The Morgan fingerprint density at radius 1 is 1.00 bits per heavy atom. The van der Waals surface area contributed by atoms with Crippen molar-refractivity contribution >= 4 is 17.4 Å². The summed E-state index contributed by atoms with van der Waals surface area (Å²) in [5.41, 5.74) is 4.21. The van der Waals surface area contributed by atoms with E-state index < -0.39 is 0 Å². The fourth-order valence-corrected chi connectivity index (χ4v) is 3.82. The van der Waals surface area contributed by atoms with Gasteiger partial charge in [-0.1, -0.05) is 30.3 Å². The molecule has 0 aromatic heterocycles. The average molecular weight is 269 g/mol. The van der Waals surface area contributed by atoms with Gasteiger partial charge in [0.15, 0.2) is 0 Å². The smallest absolute Gasteiger partial charge is 0.0361 e. The predicted molar refractivity (Wildman–Crippen MR) is 84.4 cm³/mol. The van der Waals surface area contributed by atoms with Crippen molar-refractivity contribution < 1.29 is 0 Å². The summed E-state index contributed by atoms with van der Waals surface area (Å²) in [6.45, 7) is 0. The molecule has 1 unspecified atom stereocenters. The summed E-state index contributed by atoms with van der Waals surface area (Å²) in [5.74, 6) is 1.78. The molecule has 0 aliphatic carbocycles. The molecule has 2 aromatic carbocycles. The van der Waals surface area contributed by atoms with Crippen LogP contribution in [0.5, 0.6) is 0 Å². The molecule has 1 nitrogen and oxygen atoms in total. The molecule has 0 saturated carbocycles. The molecule has 0 radical (unpaired) electrons. The topological polar surface area (TPSA) is 3.24 Å². The van der Waals surface area contributed by atoms with Crippen LogP contribution in [0.3, 0.4) is 0 Å². The summed E-state index contributed by atoms with van der Waals surface area (Å²) in [7, 11) is 4.17. The van der Waals surface area contributed by atoms with Crippen LogP contribution in [-0.2, 0) is 0 Å². The van der Waals surface area contributed by atoms with Crippen LogP contribution in [0, 0.1) is 0 Å². The molecule has 0 spiro atoms. The molecule has 0 amide bonds. The SMILES string of the molecule is CN(C)c1ccc(C2CCSc3ccccc32)cc1. The van der Waals surface area contributed by atoms with Gasteiger partial charge in [0.1, 0.15) is 0 Å².